The fourth-order valence-corrected chi connectivity index (χ4v) is 5.79. The van der Waals surface area contributed by atoms with Crippen LogP contribution in [0.15, 0.2) is 83.7 Å². The van der Waals surface area contributed by atoms with E-state index in [0.717, 1.165) is 15.2 Å². The summed E-state index contributed by atoms with van der Waals surface area (Å²) < 4.78 is 4.09. The van der Waals surface area contributed by atoms with Gasteiger partial charge in [-0.05, 0) is 47.9 Å². The fraction of sp³-hybridized carbons (Fsp3) is 0.0345. The third-order valence-electron chi connectivity index (χ3n) is 6.51. The summed E-state index contributed by atoms with van der Waals surface area (Å²) in [6, 6.07) is 17.6. The number of halogens is 4. The summed E-state index contributed by atoms with van der Waals surface area (Å²) in [5.41, 5.74) is 6.51. The maximum atomic E-state index is 13.8. The predicted molar refractivity (Wildman–Crippen MR) is 166 cm³/mol. The van der Waals surface area contributed by atoms with E-state index in [1.54, 1.807) is 36.5 Å². The third kappa shape index (κ3) is 5.17. The van der Waals surface area contributed by atoms with E-state index in [9.17, 15) is 9.59 Å². The molecule has 0 spiro atoms. The van der Waals surface area contributed by atoms with Crippen LogP contribution in [-0.2, 0) is 6.54 Å². The molecule has 6 rings (SSSR count). The van der Waals surface area contributed by atoms with Gasteiger partial charge in [0.05, 0.1) is 33.5 Å². The van der Waals surface area contributed by atoms with Crippen LogP contribution < -0.4 is 11.1 Å². The standard InChI is InChI=1S/C29H18BrCl3N6O2/c30-17-6-7-19-16(9-17)10-20(27(34)40)26(25(19)33)36-29(41)24-11-18(37-39(24)28-23(32)5-2-8-35-28)13-38-12-15-3-1-4-22(31)21(15)14-38/h1-12,14H,13H2,(H2,34,40)(H,36,41). The highest BCUT2D eigenvalue weighted by Gasteiger charge is 2.24. The zero-order chi connectivity index (χ0) is 28.8. The highest BCUT2D eigenvalue weighted by atomic mass is 79.9. The number of hydrogen-bond acceptors (Lipinski definition) is 4. The van der Waals surface area contributed by atoms with Crippen molar-refractivity contribution in [2.45, 2.75) is 6.54 Å². The molecule has 0 aliphatic rings. The predicted octanol–water partition coefficient (Wildman–Crippen LogP) is 7.50. The van der Waals surface area contributed by atoms with Gasteiger partial charge >= 0.3 is 0 Å². The van der Waals surface area contributed by atoms with Gasteiger partial charge in [-0.15, -0.1) is 0 Å². The minimum Gasteiger partial charge on any atom is -0.366 e. The van der Waals surface area contributed by atoms with Crippen LogP contribution in [0.4, 0.5) is 5.69 Å². The lowest BCUT2D eigenvalue weighted by Gasteiger charge is -2.14. The third-order valence-corrected chi connectivity index (χ3v) is 8.02. The first-order valence-electron chi connectivity index (χ1n) is 12.2. The molecule has 0 saturated heterocycles. The molecule has 0 radical (unpaired) electrons. The van der Waals surface area contributed by atoms with Gasteiger partial charge < -0.3 is 15.6 Å². The van der Waals surface area contributed by atoms with Crippen LogP contribution in [0.1, 0.15) is 26.5 Å². The van der Waals surface area contributed by atoms with E-state index in [-0.39, 0.29) is 27.8 Å². The Bertz CT molecular complexity index is 2020. The Hall–Kier alpha value is -3.89. The molecule has 41 heavy (non-hydrogen) atoms. The molecular formula is C29H18BrCl3N6O2. The molecule has 12 heteroatoms. The Morgan fingerprint density at radius 1 is 0.927 bits per heavy atom. The number of carbonyl (C=O) groups excluding carboxylic acids is 2. The first kappa shape index (κ1) is 27.3. The van der Waals surface area contributed by atoms with Gasteiger partial charge in [-0.3, -0.25) is 9.59 Å². The minimum atomic E-state index is -0.746. The molecular weight excluding hydrogens is 651 g/mol. The number of nitrogens with two attached hydrogens (primary N) is 1. The summed E-state index contributed by atoms with van der Waals surface area (Å²) in [6.07, 6.45) is 5.41. The molecule has 204 valence electrons. The number of nitrogens with one attached hydrogen (secondary N) is 1. The second kappa shape index (κ2) is 10.8. The van der Waals surface area contributed by atoms with Crippen molar-refractivity contribution < 1.29 is 9.59 Å². The maximum Gasteiger partial charge on any atom is 0.274 e. The molecule has 0 atom stereocenters. The first-order valence-corrected chi connectivity index (χ1v) is 14.1. The fourth-order valence-electron chi connectivity index (χ4n) is 4.65. The van der Waals surface area contributed by atoms with Crippen LogP contribution in [0.3, 0.4) is 0 Å². The molecule has 0 aliphatic carbocycles. The van der Waals surface area contributed by atoms with E-state index in [1.165, 1.54) is 4.68 Å². The number of benzene rings is 3. The van der Waals surface area contributed by atoms with Gasteiger partial charge in [0, 0.05) is 44.2 Å². The van der Waals surface area contributed by atoms with Crippen LogP contribution in [0.2, 0.25) is 15.1 Å². The number of hydrogen-bond donors (Lipinski definition) is 2. The van der Waals surface area contributed by atoms with E-state index >= 15 is 0 Å². The summed E-state index contributed by atoms with van der Waals surface area (Å²) in [5.74, 6) is -1.08. The number of nitrogens with zero attached hydrogens (tertiary/aromatic N) is 4. The lowest BCUT2D eigenvalue weighted by Crippen LogP contribution is -2.21. The monoisotopic (exact) mass is 666 g/mol. The molecule has 3 heterocycles. The van der Waals surface area contributed by atoms with Crippen molar-refractivity contribution in [3.63, 3.8) is 0 Å². The quantitative estimate of drug-likeness (QED) is 0.192. The summed E-state index contributed by atoms with van der Waals surface area (Å²) in [7, 11) is 0. The van der Waals surface area contributed by atoms with Crippen molar-refractivity contribution in [1.29, 1.82) is 0 Å². The Labute approximate surface area is 256 Å². The van der Waals surface area contributed by atoms with Crippen LogP contribution >= 0.6 is 50.7 Å². The number of carbonyl (C=O) groups is 2. The van der Waals surface area contributed by atoms with Gasteiger partial charge in [-0.25, -0.2) is 9.67 Å². The van der Waals surface area contributed by atoms with Gasteiger partial charge in [-0.1, -0.05) is 68.9 Å². The van der Waals surface area contributed by atoms with Gasteiger partial charge in [-0.2, -0.15) is 5.10 Å². The number of pyridine rings is 1. The van der Waals surface area contributed by atoms with E-state index in [1.807, 2.05) is 47.3 Å². The number of primary amides is 1. The Morgan fingerprint density at radius 2 is 1.73 bits per heavy atom. The lowest BCUT2D eigenvalue weighted by atomic mass is 10.0. The highest BCUT2D eigenvalue weighted by Crippen LogP contribution is 2.36. The molecule has 3 aromatic carbocycles. The number of anilines is 1. The van der Waals surface area contributed by atoms with Crippen molar-refractivity contribution in [1.82, 2.24) is 19.3 Å². The summed E-state index contributed by atoms with van der Waals surface area (Å²) >= 11 is 22.9. The number of rotatable bonds is 6. The molecule has 0 unspecified atom stereocenters. The number of amides is 2. The average molecular weight is 669 g/mol. The average Bonchev–Trinajstić information content (AvgIpc) is 3.55. The van der Waals surface area contributed by atoms with Crippen LogP contribution in [0.5, 0.6) is 0 Å². The van der Waals surface area contributed by atoms with Crippen molar-refractivity contribution in [3.05, 3.63) is 116 Å². The first-order chi connectivity index (χ1) is 19.7. The van der Waals surface area contributed by atoms with E-state index < -0.39 is 11.8 Å². The smallest absolute Gasteiger partial charge is 0.274 e. The molecule has 6 aromatic rings. The Balaban J connectivity index is 1.43. The summed E-state index contributed by atoms with van der Waals surface area (Å²) in [6.45, 7) is 0.334. The van der Waals surface area contributed by atoms with E-state index in [0.29, 0.717) is 33.1 Å². The van der Waals surface area contributed by atoms with Crippen LogP contribution in [0.25, 0.3) is 27.4 Å². The Morgan fingerprint density at radius 3 is 2.49 bits per heavy atom. The zero-order valence-corrected chi connectivity index (χ0v) is 24.8. The molecule has 0 aliphatic heterocycles. The van der Waals surface area contributed by atoms with Crippen molar-refractivity contribution in [3.8, 4) is 5.82 Å². The SMILES string of the molecule is NC(=O)c1cc2cc(Br)ccc2c(Cl)c1NC(=O)c1cc(Cn2cc3cccc(Cl)c3c2)nn1-c1ncccc1Cl. The molecule has 2 amide bonds. The second-order valence-corrected chi connectivity index (χ2v) is 11.3. The molecule has 3 aromatic heterocycles. The number of fused-ring (bicyclic) bond motifs is 2. The van der Waals surface area contributed by atoms with Crippen molar-refractivity contribution in [2.75, 3.05) is 5.32 Å². The maximum absolute atomic E-state index is 13.8. The van der Waals surface area contributed by atoms with Crippen LogP contribution in [-0.4, -0.2) is 31.1 Å². The number of aromatic nitrogens is 4. The second-order valence-electron chi connectivity index (χ2n) is 9.21. The highest BCUT2D eigenvalue weighted by molar-refractivity contribution is 9.10. The Kier molecular flexibility index (Phi) is 7.21. The summed E-state index contributed by atoms with van der Waals surface area (Å²) in [5, 5.41) is 11.7. The van der Waals surface area contributed by atoms with Gasteiger partial charge in [0.2, 0.25) is 0 Å². The van der Waals surface area contributed by atoms with Gasteiger partial charge in [0.15, 0.2) is 5.82 Å². The molecule has 0 saturated carbocycles. The molecule has 0 bridgehead atoms. The zero-order valence-electron chi connectivity index (χ0n) is 20.9. The largest absolute Gasteiger partial charge is 0.366 e. The lowest BCUT2D eigenvalue weighted by molar-refractivity contribution is 0.100. The molecule has 0 fully saturated rings. The topological polar surface area (TPSA) is 108 Å². The van der Waals surface area contributed by atoms with Crippen molar-refractivity contribution >= 4 is 89.8 Å². The van der Waals surface area contributed by atoms with Gasteiger partial charge in [0.25, 0.3) is 11.8 Å². The van der Waals surface area contributed by atoms with E-state index in [4.69, 9.17) is 40.5 Å². The van der Waals surface area contributed by atoms with Gasteiger partial charge in [0.1, 0.15) is 5.69 Å². The minimum absolute atomic E-state index is 0.0621. The normalized spacial score (nSPS) is 11.3. The summed E-state index contributed by atoms with van der Waals surface area (Å²) in [4.78, 5) is 30.5. The van der Waals surface area contributed by atoms with Crippen LogP contribution in [0, 0.1) is 0 Å². The van der Waals surface area contributed by atoms with Crippen molar-refractivity contribution in [2.24, 2.45) is 5.73 Å². The molecule has 3 N–H and O–H groups in total. The molecule has 8 nitrogen and oxygen atoms in total. The van der Waals surface area contributed by atoms with E-state index in [2.05, 4.69) is 31.3 Å².